The first-order valence-corrected chi connectivity index (χ1v) is 12.9. The Morgan fingerprint density at radius 2 is 1.57 bits per heavy atom. The highest BCUT2D eigenvalue weighted by Crippen LogP contribution is 2.42. The van der Waals surface area contributed by atoms with Crippen molar-refractivity contribution in [3.63, 3.8) is 0 Å². The summed E-state index contributed by atoms with van der Waals surface area (Å²) < 4.78 is 27.8. The molecular weight excluding hydrogens is 488 g/mol. The van der Waals surface area contributed by atoms with Gasteiger partial charge in [-0.1, -0.05) is 55.1 Å². The molecule has 1 aliphatic rings. The zero-order valence-electron chi connectivity index (χ0n) is 20.0. The molecule has 2 amide bonds. The van der Waals surface area contributed by atoms with E-state index >= 15 is 0 Å². The third-order valence-corrected chi connectivity index (χ3v) is 7.88. The summed E-state index contributed by atoms with van der Waals surface area (Å²) in [6.07, 6.45) is 0. The molecule has 0 saturated heterocycles. The van der Waals surface area contributed by atoms with Crippen LogP contribution < -0.4 is 20.5 Å². The van der Waals surface area contributed by atoms with Crippen LogP contribution >= 0.6 is 0 Å². The average Bonchev–Trinajstić information content (AvgIpc) is 3.10. The summed E-state index contributed by atoms with van der Waals surface area (Å²) in [5.74, 6) is -0.562. The van der Waals surface area contributed by atoms with Crippen molar-refractivity contribution in [1.29, 1.82) is 0 Å². The monoisotopic (exact) mass is 512 g/mol. The number of carbonyl (C=O) groups excluding carboxylic acids is 2. The Kier molecular flexibility index (Phi) is 6.14. The molecule has 4 aromatic carbocycles. The van der Waals surface area contributed by atoms with Crippen LogP contribution in [0.5, 0.6) is 0 Å². The van der Waals surface area contributed by atoms with Crippen LogP contribution in [-0.4, -0.2) is 20.2 Å². The SMILES string of the molecule is C=C(NNC(=O)c1ccc(CN2c3cccc4cccc(c34)S2(=O)=O)cc1)c1cccc(NC(C)=O)c1. The van der Waals surface area contributed by atoms with Gasteiger partial charge >= 0.3 is 0 Å². The third-order valence-electron chi connectivity index (χ3n) is 6.08. The van der Waals surface area contributed by atoms with Crippen LogP contribution in [0.15, 0.2) is 96.4 Å². The molecule has 0 aromatic heterocycles. The summed E-state index contributed by atoms with van der Waals surface area (Å²) in [5, 5.41) is 4.31. The van der Waals surface area contributed by atoms with Crippen molar-refractivity contribution in [2.75, 3.05) is 9.62 Å². The van der Waals surface area contributed by atoms with Gasteiger partial charge in [-0.25, -0.2) is 8.42 Å². The molecule has 5 rings (SSSR count). The summed E-state index contributed by atoms with van der Waals surface area (Å²) >= 11 is 0. The van der Waals surface area contributed by atoms with E-state index in [1.807, 2.05) is 24.3 Å². The summed E-state index contributed by atoms with van der Waals surface area (Å²) in [6, 6.07) is 24.7. The van der Waals surface area contributed by atoms with Crippen LogP contribution in [0.3, 0.4) is 0 Å². The van der Waals surface area contributed by atoms with Crippen molar-refractivity contribution in [1.82, 2.24) is 10.9 Å². The maximum Gasteiger partial charge on any atom is 0.269 e. The second-order valence-electron chi connectivity index (χ2n) is 8.66. The summed E-state index contributed by atoms with van der Waals surface area (Å²) in [7, 11) is -3.67. The maximum atomic E-state index is 13.2. The summed E-state index contributed by atoms with van der Waals surface area (Å²) in [5.41, 5.74) is 8.96. The van der Waals surface area contributed by atoms with Gasteiger partial charge in [-0.05, 0) is 47.3 Å². The zero-order chi connectivity index (χ0) is 26.2. The van der Waals surface area contributed by atoms with Gasteiger partial charge in [0.2, 0.25) is 5.91 Å². The molecule has 0 radical (unpaired) electrons. The van der Waals surface area contributed by atoms with Gasteiger partial charge in [-0.15, -0.1) is 0 Å². The molecule has 0 spiro atoms. The quantitative estimate of drug-likeness (QED) is 0.318. The standard InChI is InChI=1S/C28H24N4O4S/c1-18(23-8-3-9-24(16-23)29-19(2)33)30-31-28(34)22-14-12-20(13-15-22)17-32-25-10-4-6-21-7-5-11-26(27(21)25)37(32,35)36/h3-16,30H,1,17H2,2H3,(H,29,33)(H,31,34). The molecule has 1 heterocycles. The topological polar surface area (TPSA) is 108 Å². The Hall–Kier alpha value is -4.63. The molecule has 9 heteroatoms. The number of nitrogens with one attached hydrogen (secondary N) is 3. The predicted molar refractivity (Wildman–Crippen MR) is 144 cm³/mol. The van der Waals surface area contributed by atoms with Crippen molar-refractivity contribution in [2.24, 2.45) is 0 Å². The molecule has 0 aliphatic carbocycles. The Morgan fingerprint density at radius 3 is 2.30 bits per heavy atom. The van der Waals surface area contributed by atoms with E-state index in [4.69, 9.17) is 0 Å². The van der Waals surface area contributed by atoms with E-state index in [0.717, 1.165) is 16.3 Å². The second kappa shape index (κ2) is 9.44. The molecule has 37 heavy (non-hydrogen) atoms. The molecule has 8 nitrogen and oxygen atoms in total. The van der Waals surface area contributed by atoms with E-state index in [9.17, 15) is 18.0 Å². The molecule has 3 N–H and O–H groups in total. The summed E-state index contributed by atoms with van der Waals surface area (Å²) in [4.78, 5) is 24.2. The molecule has 4 aromatic rings. The zero-order valence-corrected chi connectivity index (χ0v) is 20.8. The number of carbonyl (C=O) groups is 2. The van der Waals surface area contributed by atoms with Gasteiger partial charge in [0, 0.05) is 29.1 Å². The van der Waals surface area contributed by atoms with E-state index in [1.165, 1.54) is 11.2 Å². The van der Waals surface area contributed by atoms with Crippen molar-refractivity contribution in [2.45, 2.75) is 18.4 Å². The van der Waals surface area contributed by atoms with E-state index in [-0.39, 0.29) is 18.4 Å². The van der Waals surface area contributed by atoms with Crippen molar-refractivity contribution in [3.05, 3.63) is 108 Å². The minimum absolute atomic E-state index is 0.151. The first-order valence-electron chi connectivity index (χ1n) is 11.5. The van der Waals surface area contributed by atoms with Crippen LogP contribution in [0.1, 0.15) is 28.4 Å². The largest absolute Gasteiger partial charge is 0.326 e. The van der Waals surface area contributed by atoms with Gasteiger partial charge in [-0.2, -0.15) is 0 Å². The van der Waals surface area contributed by atoms with Crippen LogP contribution in [0, 0.1) is 0 Å². The molecule has 0 bridgehead atoms. The molecule has 0 fully saturated rings. The lowest BCUT2D eigenvalue weighted by atomic mass is 10.1. The van der Waals surface area contributed by atoms with Crippen molar-refractivity contribution < 1.29 is 18.0 Å². The number of sulfonamides is 1. The van der Waals surface area contributed by atoms with Crippen molar-refractivity contribution in [3.8, 4) is 0 Å². The van der Waals surface area contributed by atoms with E-state index in [1.54, 1.807) is 60.7 Å². The number of anilines is 2. The number of rotatable bonds is 7. The molecule has 0 saturated carbocycles. The van der Waals surface area contributed by atoms with E-state index < -0.39 is 10.0 Å². The molecule has 0 atom stereocenters. The number of hydrogen-bond donors (Lipinski definition) is 3. The Morgan fingerprint density at radius 1 is 0.865 bits per heavy atom. The lowest BCUT2D eigenvalue weighted by molar-refractivity contribution is -0.114. The molecule has 1 aliphatic heterocycles. The minimum Gasteiger partial charge on any atom is -0.326 e. The highest BCUT2D eigenvalue weighted by atomic mass is 32.2. The van der Waals surface area contributed by atoms with Gasteiger partial charge in [0.1, 0.15) is 0 Å². The fourth-order valence-electron chi connectivity index (χ4n) is 4.32. The lowest BCUT2D eigenvalue weighted by Gasteiger charge is -2.19. The van der Waals surface area contributed by atoms with Crippen LogP contribution in [-0.2, 0) is 21.4 Å². The Balaban J connectivity index is 1.25. The normalized spacial score (nSPS) is 13.3. The van der Waals surface area contributed by atoms with Gasteiger partial charge in [0.25, 0.3) is 15.9 Å². The number of nitrogens with zero attached hydrogens (tertiary/aromatic N) is 1. The molecule has 186 valence electrons. The fourth-order valence-corrected chi connectivity index (χ4v) is 6.02. The fraction of sp³-hybridized carbons (Fsp3) is 0.0714. The van der Waals surface area contributed by atoms with E-state index in [2.05, 4.69) is 22.7 Å². The van der Waals surface area contributed by atoms with E-state index in [0.29, 0.717) is 33.1 Å². The second-order valence-corrected chi connectivity index (χ2v) is 10.5. The lowest BCUT2D eigenvalue weighted by Crippen LogP contribution is -2.35. The predicted octanol–water partition coefficient (Wildman–Crippen LogP) is 4.41. The highest BCUT2D eigenvalue weighted by molar-refractivity contribution is 7.93. The first kappa shape index (κ1) is 24.1. The van der Waals surface area contributed by atoms with Crippen LogP contribution in [0.4, 0.5) is 11.4 Å². The number of hydrogen-bond acceptors (Lipinski definition) is 5. The Labute approximate surface area is 214 Å². The maximum absolute atomic E-state index is 13.2. The van der Waals surface area contributed by atoms with Crippen LogP contribution in [0.2, 0.25) is 0 Å². The summed E-state index contributed by atoms with van der Waals surface area (Å²) in [6.45, 7) is 5.50. The third kappa shape index (κ3) is 4.64. The smallest absolute Gasteiger partial charge is 0.269 e. The van der Waals surface area contributed by atoms with Gasteiger partial charge < -0.3 is 5.32 Å². The molecular formula is C28H24N4O4S. The van der Waals surface area contributed by atoms with Gasteiger partial charge in [0.15, 0.2) is 0 Å². The van der Waals surface area contributed by atoms with Crippen LogP contribution in [0.25, 0.3) is 16.5 Å². The first-order chi connectivity index (χ1) is 17.7. The van der Waals surface area contributed by atoms with Gasteiger partial charge in [0.05, 0.1) is 22.8 Å². The minimum atomic E-state index is -3.67. The average molecular weight is 513 g/mol. The Bertz CT molecular complexity index is 1660. The molecule has 0 unspecified atom stereocenters. The van der Waals surface area contributed by atoms with Crippen molar-refractivity contribution >= 4 is 49.7 Å². The number of amides is 2. The highest BCUT2D eigenvalue weighted by Gasteiger charge is 2.35. The number of hydrazine groups is 1. The number of benzene rings is 4. The van der Waals surface area contributed by atoms with Gasteiger partial charge in [-0.3, -0.25) is 24.7 Å².